The molecular weight excluding hydrogens is 525 g/mol. The van der Waals surface area contributed by atoms with E-state index in [1.54, 1.807) is 6.07 Å². The number of piperidine rings is 1. The third-order valence-electron chi connectivity index (χ3n) is 7.29. The van der Waals surface area contributed by atoms with Gasteiger partial charge in [0.2, 0.25) is 0 Å². The molecule has 0 saturated carbocycles. The van der Waals surface area contributed by atoms with Crippen molar-refractivity contribution in [1.82, 2.24) is 9.88 Å². The zero-order valence-corrected chi connectivity index (χ0v) is 23.0. The minimum absolute atomic E-state index is 0.303. The number of nitrogens with zero attached hydrogens (tertiary/aromatic N) is 3. The van der Waals surface area contributed by atoms with Crippen molar-refractivity contribution in [2.75, 3.05) is 42.6 Å². The normalized spacial score (nSPS) is 17.6. The summed E-state index contributed by atoms with van der Waals surface area (Å²) >= 11 is 0.800. The van der Waals surface area contributed by atoms with Crippen LogP contribution in [-0.2, 0) is 29.1 Å². The summed E-state index contributed by atoms with van der Waals surface area (Å²) in [5.74, 6) is 0.659. The van der Waals surface area contributed by atoms with Crippen molar-refractivity contribution < 1.29 is 23.6 Å². The van der Waals surface area contributed by atoms with Crippen LogP contribution in [0.25, 0.3) is 11.3 Å². The van der Waals surface area contributed by atoms with Crippen LogP contribution in [0.2, 0.25) is 0 Å². The number of thiazole rings is 1. The molecule has 0 bridgehead atoms. The van der Waals surface area contributed by atoms with E-state index in [0.717, 1.165) is 47.4 Å². The summed E-state index contributed by atoms with van der Waals surface area (Å²) in [5.41, 5.74) is 4.67. The molecule has 7 nitrogen and oxygen atoms in total. The lowest BCUT2D eigenvalue weighted by molar-refractivity contribution is -0.142. The molecule has 1 aromatic heterocycles. The molecule has 2 aliphatic heterocycles. The Hall–Kier alpha value is -2.66. The van der Waals surface area contributed by atoms with E-state index in [1.807, 2.05) is 5.38 Å². The second-order valence-corrected chi connectivity index (χ2v) is 12.5. The van der Waals surface area contributed by atoms with Crippen LogP contribution in [0.3, 0.4) is 0 Å². The van der Waals surface area contributed by atoms with Gasteiger partial charge in [0.05, 0.1) is 11.6 Å². The van der Waals surface area contributed by atoms with Gasteiger partial charge in [-0.05, 0) is 54.7 Å². The average molecular weight is 558 g/mol. The van der Waals surface area contributed by atoms with Gasteiger partial charge in [-0.2, -0.15) is 0 Å². The molecule has 2 aromatic carbocycles. The maximum Gasteiger partial charge on any atom is 0.306 e. The Morgan fingerprint density at radius 1 is 1.18 bits per heavy atom. The van der Waals surface area contributed by atoms with E-state index in [4.69, 9.17) is 9.72 Å². The number of hydrogen-bond donors (Lipinski definition) is 1. The predicted octanol–water partition coefficient (Wildman–Crippen LogP) is 4.70. The molecule has 10 heteroatoms. The number of carbonyl (C=O) groups is 1. The standard InChI is InChI=1S/C28H32FN3O4S2/c1-19-14-20(16-31-10-12-38(35)13-11-31)2-3-22(19)17-36-26-5-4-23(29)15-24(26)25-18-37-28(30-25)32-8-6-21(7-9-32)27(33)34/h2-5,14-15,18,21H,6-13,16-17H2,1H3,(H,33,34). The van der Waals surface area contributed by atoms with Gasteiger partial charge in [0.25, 0.3) is 0 Å². The molecule has 1 N–H and O–H groups in total. The van der Waals surface area contributed by atoms with Gasteiger partial charge in [0.1, 0.15) is 29.7 Å². The second kappa shape index (κ2) is 12.0. The molecule has 2 aliphatic rings. The van der Waals surface area contributed by atoms with Gasteiger partial charge in [-0.3, -0.25) is 9.69 Å². The van der Waals surface area contributed by atoms with E-state index in [2.05, 4.69) is 34.9 Å². The Morgan fingerprint density at radius 3 is 2.66 bits per heavy atom. The van der Waals surface area contributed by atoms with E-state index in [-0.39, 0.29) is 11.7 Å². The summed E-state index contributed by atoms with van der Waals surface area (Å²) in [6, 6.07) is 10.9. The molecule has 2 fully saturated rings. The molecule has 0 unspecified atom stereocenters. The number of ether oxygens (including phenoxy) is 1. The molecule has 0 amide bonds. The Balaban J connectivity index is 1.25. The third kappa shape index (κ3) is 6.48. The number of carboxylic acids is 1. The van der Waals surface area contributed by atoms with Crippen molar-refractivity contribution in [3.63, 3.8) is 0 Å². The molecule has 0 atom stereocenters. The molecular formula is C28H32FN3O4S2. The van der Waals surface area contributed by atoms with Crippen molar-refractivity contribution >= 4 is 33.6 Å². The highest BCUT2D eigenvalue weighted by molar-refractivity contribution is 7.91. The lowest BCUT2D eigenvalue weighted by Crippen LogP contribution is -2.39. The van der Waals surface area contributed by atoms with Crippen molar-refractivity contribution in [3.05, 3.63) is 64.3 Å². The molecule has 3 heterocycles. The number of aromatic nitrogens is 1. The van der Waals surface area contributed by atoms with Gasteiger partial charge >= 0.3 is 5.97 Å². The zero-order chi connectivity index (χ0) is 26.6. The summed E-state index contributed by atoms with van der Waals surface area (Å²) in [4.78, 5) is 20.4. The number of carboxylic acid groups (broad SMARTS) is 1. The Bertz CT molecular complexity index is 1270. The molecule has 38 heavy (non-hydrogen) atoms. The number of hydrogen-bond acceptors (Lipinski definition) is 7. The smallest absolute Gasteiger partial charge is 0.306 e. The predicted molar refractivity (Wildman–Crippen MR) is 149 cm³/mol. The van der Waals surface area contributed by atoms with Crippen LogP contribution < -0.4 is 9.64 Å². The molecule has 0 aliphatic carbocycles. The largest absolute Gasteiger partial charge is 0.616 e. The van der Waals surface area contributed by atoms with Crippen molar-refractivity contribution in [2.24, 2.45) is 5.92 Å². The fourth-order valence-electron chi connectivity index (χ4n) is 4.94. The van der Waals surface area contributed by atoms with E-state index in [9.17, 15) is 18.8 Å². The minimum Gasteiger partial charge on any atom is -0.616 e. The highest BCUT2D eigenvalue weighted by Gasteiger charge is 2.26. The first-order valence-electron chi connectivity index (χ1n) is 12.9. The van der Waals surface area contributed by atoms with Crippen LogP contribution in [0.15, 0.2) is 41.8 Å². The lowest BCUT2D eigenvalue weighted by Gasteiger charge is -2.29. The number of aliphatic carboxylic acids is 1. The summed E-state index contributed by atoms with van der Waals surface area (Å²) in [6.07, 6.45) is 1.19. The molecule has 5 rings (SSSR count). The van der Waals surface area contributed by atoms with Crippen LogP contribution in [0.1, 0.15) is 29.5 Å². The molecule has 0 radical (unpaired) electrons. The van der Waals surface area contributed by atoms with Gasteiger partial charge < -0.3 is 19.3 Å². The van der Waals surface area contributed by atoms with Crippen LogP contribution in [0.4, 0.5) is 9.52 Å². The fourth-order valence-corrected chi connectivity index (χ4v) is 6.95. The summed E-state index contributed by atoms with van der Waals surface area (Å²) in [5, 5.41) is 12.0. The number of anilines is 1. The Kier molecular flexibility index (Phi) is 8.52. The fraction of sp³-hybridized carbons (Fsp3) is 0.429. The monoisotopic (exact) mass is 557 g/mol. The lowest BCUT2D eigenvalue weighted by atomic mass is 9.97. The maximum atomic E-state index is 14.2. The quantitative estimate of drug-likeness (QED) is 0.402. The zero-order valence-electron chi connectivity index (χ0n) is 21.4. The first-order chi connectivity index (χ1) is 18.4. The molecule has 202 valence electrons. The summed E-state index contributed by atoms with van der Waals surface area (Å²) in [7, 11) is 0. The molecule has 3 aromatic rings. The van der Waals surface area contributed by atoms with Crippen LogP contribution in [-0.4, -0.2) is 63.2 Å². The van der Waals surface area contributed by atoms with Gasteiger partial charge in [0, 0.05) is 43.7 Å². The van der Waals surface area contributed by atoms with Crippen molar-refractivity contribution in [3.8, 4) is 17.0 Å². The van der Waals surface area contributed by atoms with Gasteiger partial charge in [-0.1, -0.05) is 29.4 Å². The number of benzene rings is 2. The van der Waals surface area contributed by atoms with E-state index < -0.39 is 17.1 Å². The Morgan fingerprint density at radius 2 is 1.95 bits per heavy atom. The van der Waals surface area contributed by atoms with Gasteiger partial charge in [-0.25, -0.2) is 9.37 Å². The van der Waals surface area contributed by atoms with E-state index >= 15 is 0 Å². The summed E-state index contributed by atoms with van der Waals surface area (Å²) in [6.45, 7) is 6.28. The maximum absolute atomic E-state index is 14.2. The van der Waals surface area contributed by atoms with Crippen molar-refractivity contribution in [2.45, 2.75) is 32.9 Å². The third-order valence-corrected chi connectivity index (χ3v) is 9.47. The highest BCUT2D eigenvalue weighted by atomic mass is 32.2. The van der Waals surface area contributed by atoms with Gasteiger partial charge in [0.15, 0.2) is 5.13 Å². The van der Waals surface area contributed by atoms with Crippen molar-refractivity contribution in [1.29, 1.82) is 0 Å². The van der Waals surface area contributed by atoms with Crippen LogP contribution in [0.5, 0.6) is 5.75 Å². The first kappa shape index (κ1) is 26.9. The van der Waals surface area contributed by atoms with E-state index in [1.165, 1.54) is 29.0 Å². The average Bonchev–Trinajstić information content (AvgIpc) is 3.40. The second-order valence-electron chi connectivity index (χ2n) is 9.93. The first-order valence-corrected chi connectivity index (χ1v) is 15.2. The van der Waals surface area contributed by atoms with Crippen LogP contribution in [0, 0.1) is 18.7 Å². The molecule has 2 saturated heterocycles. The summed E-state index contributed by atoms with van der Waals surface area (Å²) < 4.78 is 32.0. The number of aryl methyl sites for hydroxylation is 1. The SMILES string of the molecule is Cc1cc(CN2CC[S+]([O-])CC2)ccc1COc1ccc(F)cc1-c1csc(N2CCC(C(=O)O)CC2)n1. The minimum atomic E-state index is -0.739. The highest BCUT2D eigenvalue weighted by Crippen LogP contribution is 2.36. The van der Waals surface area contributed by atoms with Crippen LogP contribution >= 0.6 is 11.3 Å². The number of rotatable bonds is 8. The molecule has 0 spiro atoms. The van der Waals surface area contributed by atoms with E-state index in [0.29, 0.717) is 49.5 Å². The Labute approximate surface area is 229 Å². The topological polar surface area (TPSA) is 89.0 Å². The van der Waals surface area contributed by atoms with Gasteiger partial charge in [-0.15, -0.1) is 11.3 Å². The number of halogens is 1.